The van der Waals surface area contributed by atoms with E-state index in [1.54, 1.807) is 0 Å². The van der Waals surface area contributed by atoms with Crippen molar-refractivity contribution in [2.75, 3.05) is 6.61 Å². The van der Waals surface area contributed by atoms with Crippen LogP contribution in [0.2, 0.25) is 0 Å². The van der Waals surface area contributed by atoms with Crippen molar-refractivity contribution < 1.29 is 9.53 Å². The molecule has 0 N–H and O–H groups in total. The van der Waals surface area contributed by atoms with E-state index in [-0.39, 0.29) is 5.97 Å². The molecule has 0 aliphatic rings. The third-order valence-electron chi connectivity index (χ3n) is 2.66. The number of ether oxygens (including phenoxy) is 1. The predicted molar refractivity (Wildman–Crippen MR) is 77.5 cm³/mol. The molecule has 0 fully saturated rings. The molecule has 0 aromatic heterocycles. The van der Waals surface area contributed by atoms with Crippen molar-refractivity contribution in [2.45, 2.75) is 65.2 Å². The predicted octanol–water partition coefficient (Wildman–Crippen LogP) is 4.80. The first kappa shape index (κ1) is 16.9. The first-order valence-electron chi connectivity index (χ1n) is 7.20. The molecule has 104 valence electrons. The summed E-state index contributed by atoms with van der Waals surface area (Å²) < 4.78 is 4.88. The molecule has 2 nitrogen and oxygen atoms in total. The minimum Gasteiger partial charge on any atom is -0.466 e. The normalized spacial score (nSPS) is 11.4. The number of hydrogen-bond donors (Lipinski definition) is 0. The molecular weight excluding hydrogens is 224 g/mol. The van der Waals surface area contributed by atoms with Gasteiger partial charge in [-0.2, -0.15) is 0 Å². The van der Waals surface area contributed by atoms with E-state index in [1.807, 2.05) is 0 Å². The van der Waals surface area contributed by atoms with Crippen LogP contribution in [0.1, 0.15) is 65.2 Å². The molecule has 0 rings (SSSR count). The molecule has 0 atom stereocenters. The van der Waals surface area contributed by atoms with Crippen LogP contribution in [0, 0.1) is 0 Å². The number of carbonyl (C=O) groups excluding carboxylic acids is 1. The lowest BCUT2D eigenvalue weighted by Crippen LogP contribution is -1.99. The molecule has 0 aromatic carbocycles. The number of allylic oxidation sites excluding steroid dienone is 4. The van der Waals surface area contributed by atoms with Crippen LogP contribution in [0.15, 0.2) is 24.3 Å². The van der Waals surface area contributed by atoms with Crippen LogP contribution in [0.3, 0.4) is 0 Å². The topological polar surface area (TPSA) is 26.3 Å². The van der Waals surface area contributed by atoms with Gasteiger partial charge in [-0.1, -0.05) is 50.5 Å². The van der Waals surface area contributed by atoms with E-state index in [0.29, 0.717) is 6.61 Å². The van der Waals surface area contributed by atoms with Crippen LogP contribution in [0.4, 0.5) is 0 Å². The number of carbonyl (C=O) groups is 1. The van der Waals surface area contributed by atoms with Gasteiger partial charge >= 0.3 is 5.97 Å². The van der Waals surface area contributed by atoms with Gasteiger partial charge in [0, 0.05) is 6.92 Å². The van der Waals surface area contributed by atoms with Crippen molar-refractivity contribution in [1.29, 1.82) is 0 Å². The third-order valence-corrected chi connectivity index (χ3v) is 2.66. The van der Waals surface area contributed by atoms with Gasteiger partial charge in [-0.25, -0.2) is 0 Å². The summed E-state index contributed by atoms with van der Waals surface area (Å²) in [5, 5.41) is 0. The van der Waals surface area contributed by atoms with E-state index >= 15 is 0 Å². The third kappa shape index (κ3) is 14.9. The fraction of sp³-hybridized carbons (Fsp3) is 0.688. The van der Waals surface area contributed by atoms with Gasteiger partial charge in [-0.15, -0.1) is 0 Å². The van der Waals surface area contributed by atoms with Gasteiger partial charge in [0.15, 0.2) is 0 Å². The minimum atomic E-state index is -0.169. The zero-order valence-electron chi connectivity index (χ0n) is 12.0. The molecular formula is C16H28O2. The fourth-order valence-corrected chi connectivity index (χ4v) is 1.67. The summed E-state index contributed by atoms with van der Waals surface area (Å²) in [5.41, 5.74) is 0. The molecule has 0 saturated heterocycles. The van der Waals surface area contributed by atoms with E-state index < -0.39 is 0 Å². The average molecular weight is 252 g/mol. The smallest absolute Gasteiger partial charge is 0.302 e. The van der Waals surface area contributed by atoms with Crippen molar-refractivity contribution in [3.63, 3.8) is 0 Å². The second kappa shape index (κ2) is 14.0. The highest BCUT2D eigenvalue weighted by atomic mass is 16.5. The first-order chi connectivity index (χ1) is 8.77. The highest BCUT2D eigenvalue weighted by Gasteiger charge is 1.93. The lowest BCUT2D eigenvalue weighted by atomic mass is 10.1. The molecule has 0 aromatic rings. The van der Waals surface area contributed by atoms with Crippen molar-refractivity contribution in [3.05, 3.63) is 24.3 Å². The van der Waals surface area contributed by atoms with Crippen LogP contribution in [0.5, 0.6) is 0 Å². The highest BCUT2D eigenvalue weighted by Crippen LogP contribution is 2.06. The zero-order valence-corrected chi connectivity index (χ0v) is 12.0. The Morgan fingerprint density at radius 3 is 2.33 bits per heavy atom. The Morgan fingerprint density at radius 1 is 0.944 bits per heavy atom. The summed E-state index contributed by atoms with van der Waals surface area (Å²) in [7, 11) is 0. The maximum atomic E-state index is 10.5. The van der Waals surface area contributed by atoms with Crippen LogP contribution < -0.4 is 0 Å². The summed E-state index contributed by atoms with van der Waals surface area (Å²) in [5.74, 6) is -0.169. The Bertz CT molecular complexity index is 241. The van der Waals surface area contributed by atoms with Gasteiger partial charge in [0.1, 0.15) is 0 Å². The summed E-state index contributed by atoms with van der Waals surface area (Å²) in [6.07, 6.45) is 18.3. The lowest BCUT2D eigenvalue weighted by molar-refractivity contribution is -0.141. The number of hydrogen-bond acceptors (Lipinski definition) is 2. The van der Waals surface area contributed by atoms with Crippen molar-refractivity contribution in [1.82, 2.24) is 0 Å². The second-order valence-electron chi connectivity index (χ2n) is 4.48. The summed E-state index contributed by atoms with van der Waals surface area (Å²) in [6, 6.07) is 0. The minimum absolute atomic E-state index is 0.169. The Labute approximate surface area is 112 Å². The van der Waals surface area contributed by atoms with Gasteiger partial charge in [0.25, 0.3) is 0 Å². The Balaban J connectivity index is 3.11. The van der Waals surface area contributed by atoms with Crippen LogP contribution >= 0.6 is 0 Å². The molecule has 0 aliphatic heterocycles. The highest BCUT2D eigenvalue weighted by molar-refractivity contribution is 5.65. The number of rotatable bonds is 11. The van der Waals surface area contributed by atoms with E-state index in [2.05, 4.69) is 31.2 Å². The molecule has 2 heteroatoms. The van der Waals surface area contributed by atoms with Crippen LogP contribution in [-0.2, 0) is 9.53 Å². The van der Waals surface area contributed by atoms with Gasteiger partial charge in [0.2, 0.25) is 0 Å². The lowest BCUT2D eigenvalue weighted by Gasteiger charge is -2.01. The first-order valence-corrected chi connectivity index (χ1v) is 7.20. The van der Waals surface area contributed by atoms with E-state index in [9.17, 15) is 4.79 Å². The van der Waals surface area contributed by atoms with Crippen molar-refractivity contribution >= 4 is 5.97 Å². The van der Waals surface area contributed by atoms with Crippen molar-refractivity contribution in [2.24, 2.45) is 0 Å². The van der Waals surface area contributed by atoms with E-state index in [0.717, 1.165) is 25.7 Å². The van der Waals surface area contributed by atoms with E-state index in [4.69, 9.17) is 4.74 Å². The van der Waals surface area contributed by atoms with Gasteiger partial charge in [0.05, 0.1) is 6.61 Å². The monoisotopic (exact) mass is 252 g/mol. The fourth-order valence-electron chi connectivity index (χ4n) is 1.67. The summed E-state index contributed by atoms with van der Waals surface area (Å²) in [4.78, 5) is 10.5. The molecule has 0 radical (unpaired) electrons. The van der Waals surface area contributed by atoms with E-state index in [1.165, 1.54) is 32.6 Å². The molecule has 0 amide bonds. The Hall–Kier alpha value is -1.05. The number of unbranched alkanes of at least 4 members (excludes halogenated alkanes) is 5. The SMILES string of the molecule is CC/C=C\CC=CCCCCCCCOC(C)=O. The molecule has 0 heterocycles. The Morgan fingerprint density at radius 2 is 1.61 bits per heavy atom. The summed E-state index contributed by atoms with van der Waals surface area (Å²) in [6.45, 7) is 4.20. The standard InChI is InChI=1S/C16H28O2/c1-3-4-5-6-7-8-9-10-11-12-13-14-15-18-16(2)17/h4-5,7-8H,3,6,9-15H2,1-2H3/b5-4-,8-7?. The average Bonchev–Trinajstić information content (AvgIpc) is 2.34. The van der Waals surface area contributed by atoms with Crippen LogP contribution in [-0.4, -0.2) is 12.6 Å². The maximum Gasteiger partial charge on any atom is 0.302 e. The number of esters is 1. The molecule has 0 bridgehead atoms. The van der Waals surface area contributed by atoms with Crippen molar-refractivity contribution in [3.8, 4) is 0 Å². The summed E-state index contributed by atoms with van der Waals surface area (Å²) >= 11 is 0. The van der Waals surface area contributed by atoms with Gasteiger partial charge < -0.3 is 4.74 Å². The van der Waals surface area contributed by atoms with Gasteiger partial charge in [-0.3, -0.25) is 4.79 Å². The Kier molecular flexibility index (Phi) is 13.2. The maximum absolute atomic E-state index is 10.5. The molecule has 0 spiro atoms. The zero-order chi connectivity index (χ0) is 13.5. The molecule has 0 unspecified atom stereocenters. The molecule has 0 aliphatic carbocycles. The van der Waals surface area contributed by atoms with Crippen LogP contribution in [0.25, 0.3) is 0 Å². The van der Waals surface area contributed by atoms with Gasteiger partial charge in [-0.05, 0) is 32.1 Å². The second-order valence-corrected chi connectivity index (χ2v) is 4.48. The quantitative estimate of drug-likeness (QED) is 0.300. The largest absolute Gasteiger partial charge is 0.466 e. The molecule has 0 saturated carbocycles. The molecule has 18 heavy (non-hydrogen) atoms.